The van der Waals surface area contributed by atoms with Gasteiger partial charge in [-0.15, -0.1) is 23.1 Å². The van der Waals surface area contributed by atoms with Crippen LogP contribution in [-0.2, 0) is 16.0 Å². The number of amides is 2. The molecule has 1 aromatic heterocycles. The second-order valence-electron chi connectivity index (χ2n) is 6.37. The number of fused-ring (bicyclic) bond motifs is 1. The van der Waals surface area contributed by atoms with Gasteiger partial charge < -0.3 is 10.6 Å². The van der Waals surface area contributed by atoms with E-state index in [0.29, 0.717) is 21.6 Å². The van der Waals surface area contributed by atoms with Crippen molar-refractivity contribution in [3.05, 3.63) is 69.1 Å². The molecule has 0 spiro atoms. The first kappa shape index (κ1) is 20.2. The van der Waals surface area contributed by atoms with Crippen LogP contribution in [0.25, 0.3) is 0 Å². The van der Waals surface area contributed by atoms with Crippen LogP contribution < -0.4 is 10.6 Å². The summed E-state index contributed by atoms with van der Waals surface area (Å²) in [7, 11) is 0. The van der Waals surface area contributed by atoms with Crippen LogP contribution in [0, 0.1) is 0 Å². The average Bonchev–Trinajstić information content (AvgIpc) is 3.13. The average molecular weight is 464 g/mol. The number of aromatic nitrogens is 1. The summed E-state index contributed by atoms with van der Waals surface area (Å²) in [6.45, 7) is 0. The Hall–Kier alpha value is -2.06. The second kappa shape index (κ2) is 8.75. The van der Waals surface area contributed by atoms with Crippen molar-refractivity contribution in [3.63, 3.8) is 0 Å². The summed E-state index contributed by atoms with van der Waals surface area (Å²) in [5.74, 6) is -0.419. The van der Waals surface area contributed by atoms with E-state index in [2.05, 4.69) is 15.6 Å². The van der Waals surface area contributed by atoms with Crippen LogP contribution in [-0.4, -0.2) is 22.0 Å². The summed E-state index contributed by atoms with van der Waals surface area (Å²) < 4.78 is 0. The van der Waals surface area contributed by atoms with Gasteiger partial charge in [0.05, 0.1) is 21.0 Å². The van der Waals surface area contributed by atoms with Crippen molar-refractivity contribution >= 4 is 68.9 Å². The largest absolute Gasteiger partial charge is 0.324 e. The number of thiazole rings is 1. The Bertz CT molecular complexity index is 1090. The van der Waals surface area contributed by atoms with E-state index in [-0.39, 0.29) is 18.2 Å². The third kappa shape index (κ3) is 4.75. The molecule has 1 atom stereocenters. The fraction of sp³-hybridized carbons (Fsp3) is 0.150. The Kier molecular flexibility index (Phi) is 6.10. The molecule has 0 radical (unpaired) electrons. The third-order valence-corrected chi connectivity index (χ3v) is 7.32. The van der Waals surface area contributed by atoms with Gasteiger partial charge in [-0.25, -0.2) is 4.98 Å². The van der Waals surface area contributed by atoms with Crippen molar-refractivity contribution in [2.45, 2.75) is 23.0 Å². The van der Waals surface area contributed by atoms with Crippen molar-refractivity contribution in [3.8, 4) is 0 Å². The molecule has 0 aliphatic carbocycles. The second-order valence-corrected chi connectivity index (χ2v) is 9.51. The number of carbonyl (C=O) groups is 2. The lowest BCUT2D eigenvalue weighted by Gasteiger charge is -2.23. The highest BCUT2D eigenvalue weighted by Crippen LogP contribution is 2.37. The van der Waals surface area contributed by atoms with E-state index in [1.54, 1.807) is 12.3 Å². The Labute approximate surface area is 185 Å². The first-order chi connectivity index (χ1) is 14.0. The van der Waals surface area contributed by atoms with Gasteiger partial charge in [0, 0.05) is 28.8 Å². The molecule has 1 aliphatic rings. The maximum absolute atomic E-state index is 12.4. The smallest absolute Gasteiger partial charge is 0.238 e. The molecular weight excluding hydrogens is 449 g/mol. The summed E-state index contributed by atoms with van der Waals surface area (Å²) >= 11 is 15.1. The molecule has 0 bridgehead atoms. The molecule has 0 fully saturated rings. The summed E-state index contributed by atoms with van der Waals surface area (Å²) in [6, 6.07) is 13.0. The molecule has 0 saturated heterocycles. The maximum atomic E-state index is 12.4. The number of nitrogens with zero attached hydrogens (tertiary/aromatic N) is 1. The van der Waals surface area contributed by atoms with Crippen LogP contribution in [0.2, 0.25) is 10.0 Å². The molecule has 2 aromatic carbocycles. The van der Waals surface area contributed by atoms with Gasteiger partial charge in [0.15, 0.2) is 5.13 Å². The van der Waals surface area contributed by atoms with E-state index < -0.39 is 5.25 Å². The zero-order chi connectivity index (χ0) is 20.4. The molecule has 0 saturated carbocycles. The molecular formula is C20H15Cl2N3O2S2. The zero-order valence-electron chi connectivity index (χ0n) is 14.9. The van der Waals surface area contributed by atoms with Gasteiger partial charge in [-0.3, -0.25) is 9.59 Å². The molecule has 9 heteroatoms. The summed E-state index contributed by atoms with van der Waals surface area (Å²) in [6.07, 6.45) is 2.35. The number of hydrogen-bond acceptors (Lipinski definition) is 5. The molecule has 1 aliphatic heterocycles. The lowest BCUT2D eigenvalue weighted by molar-refractivity contribution is -0.120. The van der Waals surface area contributed by atoms with E-state index in [9.17, 15) is 9.59 Å². The van der Waals surface area contributed by atoms with Crippen molar-refractivity contribution in [2.24, 2.45) is 0 Å². The standard InChI is InChI=1S/C20H15Cl2N3O2S2/c21-13-5-3-4-11(18(13)22)8-12-10-23-20(28-12)25-17(26)9-16-19(27)24-14-6-1-2-7-15(14)29-16/h1-7,10,16H,8-9H2,(H,24,27)(H,23,25,26). The number of carbonyl (C=O) groups excluding carboxylic acids is 2. The molecule has 4 rings (SSSR count). The van der Waals surface area contributed by atoms with Gasteiger partial charge in [0.2, 0.25) is 11.8 Å². The number of rotatable bonds is 5. The quantitative estimate of drug-likeness (QED) is 0.525. The summed E-state index contributed by atoms with van der Waals surface area (Å²) in [4.78, 5) is 30.9. The van der Waals surface area contributed by atoms with Gasteiger partial charge in [0.25, 0.3) is 0 Å². The maximum Gasteiger partial charge on any atom is 0.238 e. The zero-order valence-corrected chi connectivity index (χ0v) is 18.1. The fourth-order valence-corrected chi connectivity index (χ4v) is 5.23. The molecule has 148 valence electrons. The van der Waals surface area contributed by atoms with Crippen molar-refractivity contribution in [2.75, 3.05) is 10.6 Å². The Balaban J connectivity index is 1.37. The monoisotopic (exact) mass is 463 g/mol. The molecule has 2 amide bonds. The topological polar surface area (TPSA) is 71.1 Å². The van der Waals surface area contributed by atoms with Gasteiger partial charge in [-0.2, -0.15) is 0 Å². The number of halogens is 2. The fourth-order valence-electron chi connectivity index (χ4n) is 2.89. The predicted octanol–water partition coefficient (Wildman–Crippen LogP) is 5.48. The highest BCUT2D eigenvalue weighted by atomic mass is 35.5. The minimum absolute atomic E-state index is 0.0693. The minimum atomic E-state index is -0.477. The number of nitrogens with one attached hydrogen (secondary N) is 2. The Morgan fingerprint density at radius 1 is 1.17 bits per heavy atom. The van der Waals surface area contributed by atoms with E-state index >= 15 is 0 Å². The summed E-state index contributed by atoms with van der Waals surface area (Å²) in [5.41, 5.74) is 1.68. The van der Waals surface area contributed by atoms with Crippen LogP contribution in [0.3, 0.4) is 0 Å². The number of para-hydroxylation sites is 1. The summed E-state index contributed by atoms with van der Waals surface area (Å²) in [5, 5.41) is 6.67. The minimum Gasteiger partial charge on any atom is -0.324 e. The molecule has 5 nitrogen and oxygen atoms in total. The molecule has 2 N–H and O–H groups in total. The SMILES string of the molecule is O=C(CC1Sc2ccccc2NC1=O)Nc1ncc(Cc2cccc(Cl)c2Cl)s1. The first-order valence-electron chi connectivity index (χ1n) is 8.73. The highest BCUT2D eigenvalue weighted by molar-refractivity contribution is 8.01. The van der Waals surface area contributed by atoms with Crippen LogP contribution in [0.15, 0.2) is 53.6 Å². The van der Waals surface area contributed by atoms with Crippen LogP contribution in [0.4, 0.5) is 10.8 Å². The molecule has 1 unspecified atom stereocenters. The van der Waals surface area contributed by atoms with Crippen LogP contribution >= 0.6 is 46.3 Å². The normalized spacial score (nSPS) is 15.5. The number of benzene rings is 2. The molecule has 3 aromatic rings. The van der Waals surface area contributed by atoms with Crippen LogP contribution in [0.1, 0.15) is 16.9 Å². The van der Waals surface area contributed by atoms with E-state index in [1.807, 2.05) is 36.4 Å². The van der Waals surface area contributed by atoms with E-state index in [0.717, 1.165) is 21.0 Å². The molecule has 29 heavy (non-hydrogen) atoms. The van der Waals surface area contributed by atoms with Crippen molar-refractivity contribution in [1.82, 2.24) is 4.98 Å². The number of anilines is 2. The Morgan fingerprint density at radius 3 is 2.86 bits per heavy atom. The van der Waals surface area contributed by atoms with Crippen molar-refractivity contribution in [1.29, 1.82) is 0 Å². The lowest BCUT2D eigenvalue weighted by atomic mass is 10.1. The van der Waals surface area contributed by atoms with Gasteiger partial charge >= 0.3 is 0 Å². The van der Waals surface area contributed by atoms with Gasteiger partial charge in [-0.1, -0.05) is 47.5 Å². The van der Waals surface area contributed by atoms with Gasteiger partial charge in [0.1, 0.15) is 0 Å². The van der Waals surface area contributed by atoms with Crippen molar-refractivity contribution < 1.29 is 9.59 Å². The van der Waals surface area contributed by atoms with E-state index in [1.165, 1.54) is 23.1 Å². The van der Waals surface area contributed by atoms with E-state index in [4.69, 9.17) is 23.2 Å². The number of hydrogen-bond donors (Lipinski definition) is 2. The molecule has 2 heterocycles. The lowest BCUT2D eigenvalue weighted by Crippen LogP contribution is -2.32. The number of thioether (sulfide) groups is 1. The third-order valence-electron chi connectivity index (χ3n) is 4.27. The van der Waals surface area contributed by atoms with Crippen LogP contribution in [0.5, 0.6) is 0 Å². The Morgan fingerprint density at radius 2 is 2.00 bits per heavy atom. The predicted molar refractivity (Wildman–Crippen MR) is 119 cm³/mol. The highest BCUT2D eigenvalue weighted by Gasteiger charge is 2.29. The van der Waals surface area contributed by atoms with Gasteiger partial charge in [-0.05, 0) is 23.8 Å². The first-order valence-corrected chi connectivity index (χ1v) is 11.2.